The van der Waals surface area contributed by atoms with Gasteiger partial charge in [-0.15, -0.1) is 11.3 Å². The topological polar surface area (TPSA) is 70.8 Å². The third-order valence-corrected chi connectivity index (χ3v) is 4.87. The van der Waals surface area contributed by atoms with Crippen LogP contribution in [-0.4, -0.2) is 21.7 Å². The highest BCUT2D eigenvalue weighted by atomic mass is 32.1. The van der Waals surface area contributed by atoms with Gasteiger partial charge in [-0.25, -0.2) is 4.98 Å². The summed E-state index contributed by atoms with van der Waals surface area (Å²) in [5, 5.41) is 7.70. The third-order valence-electron chi connectivity index (χ3n) is 3.75. The zero-order valence-electron chi connectivity index (χ0n) is 11.4. The number of H-pyrrole nitrogens is 1. The van der Waals surface area contributed by atoms with E-state index in [1.165, 1.54) is 16.3 Å². The molecule has 0 bridgehead atoms. The highest BCUT2D eigenvalue weighted by Crippen LogP contribution is 2.34. The van der Waals surface area contributed by atoms with Crippen molar-refractivity contribution in [2.24, 2.45) is 0 Å². The maximum atomic E-state index is 5.89. The maximum absolute atomic E-state index is 5.89. The summed E-state index contributed by atoms with van der Waals surface area (Å²) < 4.78 is 0. The molecule has 0 aliphatic carbocycles. The molecular weight excluding hydrogens is 282 g/mol. The number of benzene rings is 1. The van der Waals surface area contributed by atoms with Crippen LogP contribution in [0.2, 0.25) is 0 Å². The number of rotatable bonds is 2. The van der Waals surface area contributed by atoms with Gasteiger partial charge in [0.15, 0.2) is 0 Å². The monoisotopic (exact) mass is 297 g/mol. The van der Waals surface area contributed by atoms with Gasteiger partial charge in [0.2, 0.25) is 0 Å². The minimum Gasteiger partial charge on any atom is -0.383 e. The van der Waals surface area contributed by atoms with Crippen LogP contribution < -0.4 is 10.6 Å². The average Bonchev–Trinajstić information content (AvgIpc) is 3.12. The number of hydrogen-bond donors (Lipinski definition) is 2. The molecule has 1 aromatic carbocycles. The third kappa shape index (κ3) is 2.17. The van der Waals surface area contributed by atoms with Crippen LogP contribution in [0.5, 0.6) is 0 Å². The molecule has 1 aliphatic rings. The molecule has 0 amide bonds. The summed E-state index contributed by atoms with van der Waals surface area (Å²) in [6, 6.07) is 10.5. The smallest absolute Gasteiger partial charge is 0.129 e. The lowest BCUT2D eigenvalue weighted by Gasteiger charge is -2.28. The van der Waals surface area contributed by atoms with E-state index in [1.807, 2.05) is 6.07 Å². The first-order valence-corrected chi connectivity index (χ1v) is 7.70. The van der Waals surface area contributed by atoms with Gasteiger partial charge in [-0.3, -0.25) is 5.10 Å². The van der Waals surface area contributed by atoms with Gasteiger partial charge in [-0.05, 0) is 12.1 Å². The van der Waals surface area contributed by atoms with Crippen LogP contribution in [0.1, 0.15) is 10.6 Å². The Kier molecular flexibility index (Phi) is 2.89. The molecule has 2 aromatic heterocycles. The summed E-state index contributed by atoms with van der Waals surface area (Å²) >= 11 is 1.71. The Balaban J connectivity index is 1.65. The van der Waals surface area contributed by atoms with Gasteiger partial charge in [-0.2, -0.15) is 5.10 Å². The van der Waals surface area contributed by atoms with Crippen LogP contribution in [0.4, 0.5) is 11.5 Å². The number of nitrogen functional groups attached to an aromatic ring is 1. The van der Waals surface area contributed by atoms with E-state index in [1.54, 1.807) is 17.5 Å². The molecule has 1 aliphatic heterocycles. The molecule has 0 fully saturated rings. The number of nitrogens with two attached hydrogens (primary N) is 1. The molecule has 0 unspecified atom stereocenters. The number of thiazole rings is 1. The highest BCUT2D eigenvalue weighted by Gasteiger charge is 2.22. The first-order valence-electron chi connectivity index (χ1n) is 6.89. The minimum atomic E-state index is 0.584. The van der Waals surface area contributed by atoms with Crippen LogP contribution in [0.15, 0.2) is 36.5 Å². The van der Waals surface area contributed by atoms with Crippen molar-refractivity contribution < 1.29 is 0 Å². The predicted molar refractivity (Wildman–Crippen MR) is 85.3 cm³/mol. The first-order chi connectivity index (χ1) is 10.3. The summed E-state index contributed by atoms with van der Waals surface area (Å²) in [6.45, 7) is 1.91. The quantitative estimate of drug-likeness (QED) is 0.763. The van der Waals surface area contributed by atoms with Crippen molar-refractivity contribution in [1.82, 2.24) is 15.2 Å². The summed E-state index contributed by atoms with van der Waals surface area (Å²) in [5.41, 5.74) is 9.25. The standard InChI is InChI=1S/C15H15N5S/c16-14-11(8-17-19-14)15-18-12-6-7-20(9-13(12)21-15)10-4-2-1-3-5-10/h1-5,8H,6-7,9H2,(H3,16,17,19). The summed E-state index contributed by atoms with van der Waals surface area (Å²) in [7, 11) is 0. The van der Waals surface area contributed by atoms with E-state index in [0.717, 1.165) is 30.1 Å². The SMILES string of the molecule is Nc1[nH]ncc1-c1nc2c(s1)CN(c1ccccc1)CC2. The molecule has 6 heteroatoms. The van der Waals surface area contributed by atoms with Gasteiger partial charge < -0.3 is 10.6 Å². The summed E-state index contributed by atoms with van der Waals surface area (Å²) in [6.07, 6.45) is 2.72. The lowest BCUT2D eigenvalue weighted by atomic mass is 10.1. The number of nitrogens with zero attached hydrogens (tertiary/aromatic N) is 3. The Labute approximate surface area is 126 Å². The van der Waals surface area contributed by atoms with Gasteiger partial charge in [0.1, 0.15) is 10.8 Å². The molecule has 21 heavy (non-hydrogen) atoms. The van der Waals surface area contributed by atoms with E-state index in [9.17, 15) is 0 Å². The van der Waals surface area contributed by atoms with Crippen molar-refractivity contribution in [3.63, 3.8) is 0 Å². The molecule has 0 saturated heterocycles. The van der Waals surface area contributed by atoms with Crippen molar-refractivity contribution in [2.75, 3.05) is 17.2 Å². The fraction of sp³-hybridized carbons (Fsp3) is 0.200. The summed E-state index contributed by atoms with van der Waals surface area (Å²) in [4.78, 5) is 8.45. The van der Waals surface area contributed by atoms with Crippen molar-refractivity contribution in [3.05, 3.63) is 47.1 Å². The van der Waals surface area contributed by atoms with Gasteiger partial charge >= 0.3 is 0 Å². The predicted octanol–water partition coefficient (Wildman–Crippen LogP) is 2.68. The second-order valence-electron chi connectivity index (χ2n) is 5.09. The second-order valence-corrected chi connectivity index (χ2v) is 6.18. The first kappa shape index (κ1) is 12.4. The largest absolute Gasteiger partial charge is 0.383 e. The van der Waals surface area contributed by atoms with Crippen LogP contribution in [0.25, 0.3) is 10.6 Å². The normalized spacial score (nSPS) is 14.2. The van der Waals surface area contributed by atoms with Gasteiger partial charge in [-0.1, -0.05) is 18.2 Å². The Bertz CT molecular complexity index is 761. The second kappa shape index (κ2) is 4.89. The van der Waals surface area contributed by atoms with Crippen LogP contribution in [0.3, 0.4) is 0 Å². The number of anilines is 2. The fourth-order valence-corrected chi connectivity index (χ4v) is 3.78. The Morgan fingerprint density at radius 2 is 2.10 bits per heavy atom. The molecule has 0 radical (unpaired) electrons. The van der Waals surface area contributed by atoms with Gasteiger partial charge in [0, 0.05) is 23.5 Å². The lowest BCUT2D eigenvalue weighted by Crippen LogP contribution is -2.29. The van der Waals surface area contributed by atoms with Crippen molar-refractivity contribution in [2.45, 2.75) is 13.0 Å². The van der Waals surface area contributed by atoms with E-state index in [2.05, 4.69) is 39.4 Å². The molecule has 3 aromatic rings. The molecule has 5 nitrogen and oxygen atoms in total. The van der Waals surface area contributed by atoms with Crippen molar-refractivity contribution >= 4 is 22.8 Å². The van der Waals surface area contributed by atoms with E-state index in [-0.39, 0.29) is 0 Å². The van der Waals surface area contributed by atoms with Gasteiger partial charge in [0.25, 0.3) is 0 Å². The van der Waals surface area contributed by atoms with E-state index >= 15 is 0 Å². The molecule has 3 heterocycles. The number of nitrogens with one attached hydrogen (secondary N) is 1. The zero-order chi connectivity index (χ0) is 14.2. The Morgan fingerprint density at radius 1 is 1.24 bits per heavy atom. The van der Waals surface area contributed by atoms with Gasteiger partial charge in [0.05, 0.1) is 24.0 Å². The number of para-hydroxylation sites is 1. The van der Waals surface area contributed by atoms with Crippen molar-refractivity contribution in [3.8, 4) is 10.6 Å². The molecular formula is C15H15N5S. The van der Waals surface area contributed by atoms with Crippen LogP contribution in [0, 0.1) is 0 Å². The molecule has 106 valence electrons. The summed E-state index contributed by atoms with van der Waals surface area (Å²) in [5.74, 6) is 0.584. The van der Waals surface area contributed by atoms with Crippen LogP contribution in [-0.2, 0) is 13.0 Å². The van der Waals surface area contributed by atoms with E-state index in [4.69, 9.17) is 10.7 Å². The van der Waals surface area contributed by atoms with E-state index in [0.29, 0.717) is 5.82 Å². The number of hydrogen-bond acceptors (Lipinski definition) is 5. The Morgan fingerprint density at radius 3 is 2.86 bits per heavy atom. The molecule has 0 spiro atoms. The lowest BCUT2D eigenvalue weighted by molar-refractivity contribution is 0.729. The van der Waals surface area contributed by atoms with Crippen LogP contribution >= 0.6 is 11.3 Å². The number of fused-ring (bicyclic) bond motifs is 1. The number of aromatic nitrogens is 3. The average molecular weight is 297 g/mol. The Hall–Kier alpha value is -2.34. The highest BCUT2D eigenvalue weighted by molar-refractivity contribution is 7.15. The molecule has 0 saturated carbocycles. The van der Waals surface area contributed by atoms with Crippen molar-refractivity contribution in [1.29, 1.82) is 0 Å². The molecule has 4 rings (SSSR count). The molecule has 3 N–H and O–H groups in total. The fourth-order valence-electron chi connectivity index (χ4n) is 2.64. The molecule has 0 atom stereocenters. The minimum absolute atomic E-state index is 0.584. The number of aromatic amines is 1. The van der Waals surface area contributed by atoms with E-state index < -0.39 is 0 Å². The zero-order valence-corrected chi connectivity index (χ0v) is 12.2. The maximum Gasteiger partial charge on any atom is 0.129 e.